The van der Waals surface area contributed by atoms with Gasteiger partial charge in [-0.1, -0.05) is 38.5 Å². The van der Waals surface area contributed by atoms with Crippen LogP contribution >= 0.6 is 0 Å². The third-order valence-electron chi connectivity index (χ3n) is 4.10. The Labute approximate surface area is 131 Å². The maximum absolute atomic E-state index is 10.5. The standard InChI is InChI=1S/C6H12.2C5H7NO2/c1-2-4-6-5-3-1;2*1-6-4(7)2-3-5(6)8/h1-6H2;2*2-3H2,1H3. The first-order chi connectivity index (χ1) is 10.4. The van der Waals surface area contributed by atoms with Gasteiger partial charge in [-0.25, -0.2) is 0 Å². The molecule has 0 aromatic carbocycles. The van der Waals surface area contributed by atoms with Gasteiger partial charge in [0.25, 0.3) is 0 Å². The van der Waals surface area contributed by atoms with Crippen molar-refractivity contribution >= 4 is 23.6 Å². The molecule has 3 fully saturated rings. The van der Waals surface area contributed by atoms with Gasteiger partial charge in [-0.05, 0) is 0 Å². The van der Waals surface area contributed by atoms with Crippen LogP contribution in [0.3, 0.4) is 0 Å². The van der Waals surface area contributed by atoms with Gasteiger partial charge >= 0.3 is 0 Å². The van der Waals surface area contributed by atoms with Crippen LogP contribution in [0.25, 0.3) is 0 Å². The van der Waals surface area contributed by atoms with Gasteiger partial charge in [0.15, 0.2) is 0 Å². The van der Waals surface area contributed by atoms with Crippen molar-refractivity contribution in [2.24, 2.45) is 0 Å². The first-order valence-electron chi connectivity index (χ1n) is 8.02. The Morgan fingerprint density at radius 3 is 0.773 bits per heavy atom. The number of nitrogens with zero attached hydrogens (tertiary/aromatic N) is 2. The molecule has 2 heterocycles. The quantitative estimate of drug-likeness (QED) is 0.640. The van der Waals surface area contributed by atoms with Crippen LogP contribution in [0.1, 0.15) is 64.2 Å². The lowest BCUT2D eigenvalue weighted by molar-refractivity contribution is -0.138. The van der Waals surface area contributed by atoms with Crippen LogP contribution in [0.15, 0.2) is 0 Å². The molecular formula is C16H26N2O4. The normalized spacial score (nSPS) is 21.4. The van der Waals surface area contributed by atoms with Crippen LogP contribution in [0.2, 0.25) is 0 Å². The molecule has 1 aliphatic carbocycles. The number of imide groups is 2. The highest BCUT2D eigenvalue weighted by molar-refractivity contribution is 6.02. The number of hydrogen-bond acceptors (Lipinski definition) is 4. The minimum Gasteiger partial charge on any atom is -0.286 e. The third kappa shape index (κ3) is 5.95. The molecule has 0 atom stereocenters. The molecule has 6 nitrogen and oxygen atoms in total. The maximum Gasteiger partial charge on any atom is 0.229 e. The fourth-order valence-corrected chi connectivity index (χ4v) is 2.44. The average molecular weight is 310 g/mol. The van der Waals surface area contributed by atoms with Crippen molar-refractivity contribution in [2.75, 3.05) is 14.1 Å². The topological polar surface area (TPSA) is 74.8 Å². The van der Waals surface area contributed by atoms with Gasteiger partial charge in [0.1, 0.15) is 0 Å². The highest BCUT2D eigenvalue weighted by Crippen LogP contribution is 2.15. The van der Waals surface area contributed by atoms with Gasteiger partial charge in [-0.15, -0.1) is 0 Å². The van der Waals surface area contributed by atoms with Crippen molar-refractivity contribution in [2.45, 2.75) is 64.2 Å². The van der Waals surface area contributed by atoms with Crippen LogP contribution in [0.5, 0.6) is 0 Å². The van der Waals surface area contributed by atoms with Crippen LogP contribution in [0, 0.1) is 0 Å². The van der Waals surface area contributed by atoms with Crippen molar-refractivity contribution in [3.05, 3.63) is 0 Å². The molecule has 0 aromatic rings. The number of amides is 4. The Morgan fingerprint density at radius 2 is 0.682 bits per heavy atom. The van der Waals surface area contributed by atoms with Gasteiger partial charge < -0.3 is 0 Å². The number of carbonyl (C=O) groups excluding carboxylic acids is 4. The fraction of sp³-hybridized carbons (Fsp3) is 0.750. The molecule has 22 heavy (non-hydrogen) atoms. The summed E-state index contributed by atoms with van der Waals surface area (Å²) in [6.07, 6.45) is 10.6. The summed E-state index contributed by atoms with van der Waals surface area (Å²) < 4.78 is 0. The van der Waals surface area contributed by atoms with Gasteiger partial charge in [-0.2, -0.15) is 0 Å². The lowest BCUT2D eigenvalue weighted by atomic mass is 10.0. The SMILES string of the molecule is C1CCCCC1.CN1C(=O)CCC1=O.CN1C(=O)CCC1=O. The van der Waals surface area contributed by atoms with E-state index in [-0.39, 0.29) is 23.6 Å². The first kappa shape index (κ1) is 18.3. The van der Waals surface area contributed by atoms with E-state index in [1.54, 1.807) is 0 Å². The molecular weight excluding hydrogens is 284 g/mol. The van der Waals surface area contributed by atoms with Gasteiger partial charge in [0.05, 0.1) is 0 Å². The molecule has 2 aliphatic heterocycles. The third-order valence-corrected chi connectivity index (χ3v) is 4.10. The summed E-state index contributed by atoms with van der Waals surface area (Å²) in [5.74, 6) is -0.241. The Morgan fingerprint density at radius 1 is 0.500 bits per heavy atom. The van der Waals surface area contributed by atoms with E-state index in [0.717, 1.165) is 0 Å². The predicted molar refractivity (Wildman–Crippen MR) is 81.7 cm³/mol. The number of carbonyl (C=O) groups is 4. The minimum atomic E-state index is -0.0602. The Kier molecular flexibility index (Phi) is 7.77. The highest BCUT2D eigenvalue weighted by atomic mass is 16.2. The fourth-order valence-electron chi connectivity index (χ4n) is 2.44. The smallest absolute Gasteiger partial charge is 0.229 e. The second kappa shape index (κ2) is 9.33. The molecule has 0 aromatic heterocycles. The molecule has 0 bridgehead atoms. The van der Waals surface area contributed by atoms with E-state index in [4.69, 9.17) is 0 Å². The first-order valence-corrected chi connectivity index (χ1v) is 8.02. The Balaban J connectivity index is 0.000000167. The van der Waals surface area contributed by atoms with E-state index in [9.17, 15) is 19.2 Å². The van der Waals surface area contributed by atoms with Gasteiger partial charge in [-0.3, -0.25) is 29.0 Å². The van der Waals surface area contributed by atoms with Crippen molar-refractivity contribution in [3.63, 3.8) is 0 Å². The van der Waals surface area contributed by atoms with E-state index < -0.39 is 0 Å². The lowest BCUT2D eigenvalue weighted by Crippen LogP contribution is -2.23. The summed E-state index contributed by atoms with van der Waals surface area (Å²) in [6.45, 7) is 0. The van der Waals surface area contributed by atoms with Crippen molar-refractivity contribution < 1.29 is 19.2 Å². The Bertz CT molecular complexity index is 352. The van der Waals surface area contributed by atoms with E-state index in [1.807, 2.05) is 0 Å². The van der Waals surface area contributed by atoms with Crippen LogP contribution in [0.4, 0.5) is 0 Å². The van der Waals surface area contributed by atoms with Gasteiger partial charge in [0.2, 0.25) is 23.6 Å². The van der Waals surface area contributed by atoms with Gasteiger partial charge in [0, 0.05) is 39.8 Å². The van der Waals surface area contributed by atoms with E-state index >= 15 is 0 Å². The zero-order valence-corrected chi connectivity index (χ0v) is 13.6. The molecule has 124 valence electrons. The summed E-state index contributed by atoms with van der Waals surface area (Å²) >= 11 is 0. The average Bonchev–Trinajstić information content (AvgIpc) is 3.00. The highest BCUT2D eigenvalue weighted by Gasteiger charge is 2.24. The number of hydrogen-bond donors (Lipinski definition) is 0. The monoisotopic (exact) mass is 310 g/mol. The molecule has 6 heteroatoms. The predicted octanol–water partition coefficient (Wildman–Crippen LogP) is 1.87. The van der Waals surface area contributed by atoms with Crippen molar-refractivity contribution in [1.29, 1.82) is 0 Å². The molecule has 4 amide bonds. The maximum atomic E-state index is 10.5. The minimum absolute atomic E-state index is 0.0602. The molecule has 0 radical (unpaired) electrons. The second-order valence-electron chi connectivity index (χ2n) is 5.81. The summed E-state index contributed by atoms with van der Waals surface area (Å²) in [5, 5.41) is 0. The Hall–Kier alpha value is -1.72. The molecule has 3 aliphatic rings. The molecule has 3 rings (SSSR count). The summed E-state index contributed by atoms with van der Waals surface area (Å²) in [6, 6.07) is 0. The summed E-state index contributed by atoms with van der Waals surface area (Å²) in [4.78, 5) is 44.3. The number of likely N-dealkylation sites (tertiary alicyclic amines) is 2. The largest absolute Gasteiger partial charge is 0.286 e. The van der Waals surface area contributed by atoms with Crippen LogP contribution in [-0.4, -0.2) is 47.5 Å². The lowest BCUT2D eigenvalue weighted by Gasteiger charge is -2.05. The number of rotatable bonds is 0. The summed E-state index contributed by atoms with van der Waals surface area (Å²) in [7, 11) is 3.02. The molecule has 0 N–H and O–H groups in total. The zero-order valence-electron chi connectivity index (χ0n) is 13.6. The molecule has 0 spiro atoms. The molecule has 1 saturated carbocycles. The van der Waals surface area contributed by atoms with Crippen LogP contribution < -0.4 is 0 Å². The second-order valence-corrected chi connectivity index (χ2v) is 5.81. The van der Waals surface area contributed by atoms with E-state index in [0.29, 0.717) is 25.7 Å². The van der Waals surface area contributed by atoms with Crippen molar-refractivity contribution in [1.82, 2.24) is 9.80 Å². The van der Waals surface area contributed by atoms with E-state index in [2.05, 4.69) is 0 Å². The van der Waals surface area contributed by atoms with Crippen LogP contribution in [-0.2, 0) is 19.2 Å². The molecule has 0 unspecified atom stereocenters. The summed E-state index contributed by atoms with van der Waals surface area (Å²) in [5.41, 5.74) is 0. The zero-order chi connectivity index (χ0) is 16.5. The van der Waals surface area contributed by atoms with E-state index in [1.165, 1.54) is 62.4 Å². The van der Waals surface area contributed by atoms with Crippen molar-refractivity contribution in [3.8, 4) is 0 Å². The molecule has 2 saturated heterocycles.